The Morgan fingerprint density at radius 3 is 2.65 bits per heavy atom. The molecule has 8 nitrogen and oxygen atoms in total. The Morgan fingerprint density at radius 2 is 1.95 bits per heavy atom. The van der Waals surface area contributed by atoms with Gasteiger partial charge in [0.05, 0.1) is 22.9 Å². The molecule has 3 aromatic rings. The Hall–Kier alpha value is -3.94. The minimum absolute atomic E-state index is 0.0838. The third kappa shape index (κ3) is 5.48. The molecule has 0 N–H and O–H groups in total. The van der Waals surface area contributed by atoms with E-state index in [0.717, 1.165) is 47.4 Å². The first-order valence-electron chi connectivity index (χ1n) is 14.6. The van der Waals surface area contributed by atoms with E-state index in [1.54, 1.807) is 6.07 Å². The summed E-state index contributed by atoms with van der Waals surface area (Å²) >= 11 is 6.47. The number of halogens is 3. The number of piperazine rings is 1. The van der Waals surface area contributed by atoms with E-state index in [4.69, 9.17) is 21.3 Å². The number of ether oxygens (including phenoxy) is 1. The van der Waals surface area contributed by atoms with Gasteiger partial charge in [0.15, 0.2) is 5.83 Å². The molecule has 224 valence electrons. The zero-order valence-corrected chi connectivity index (χ0v) is 24.8. The van der Waals surface area contributed by atoms with Crippen molar-refractivity contribution in [3.63, 3.8) is 0 Å². The lowest BCUT2D eigenvalue weighted by Crippen LogP contribution is -2.49. The second-order valence-corrected chi connectivity index (χ2v) is 11.7. The van der Waals surface area contributed by atoms with E-state index in [2.05, 4.69) is 34.4 Å². The van der Waals surface area contributed by atoms with Crippen LogP contribution in [0.15, 0.2) is 42.7 Å². The average molecular weight is 607 g/mol. The molecule has 0 unspecified atom stereocenters. The van der Waals surface area contributed by atoms with Crippen molar-refractivity contribution in [3.05, 3.63) is 70.4 Å². The van der Waals surface area contributed by atoms with Crippen LogP contribution >= 0.6 is 11.6 Å². The number of amides is 1. The van der Waals surface area contributed by atoms with Gasteiger partial charge < -0.3 is 24.3 Å². The maximum Gasteiger partial charge on any atom is 0.282 e. The number of nitrogens with zero attached hydrogens (tertiary/aromatic N) is 6. The molecule has 1 aromatic heterocycles. The van der Waals surface area contributed by atoms with Crippen molar-refractivity contribution >= 4 is 39.7 Å². The Balaban J connectivity index is 1.38. The van der Waals surface area contributed by atoms with E-state index in [-0.39, 0.29) is 16.9 Å². The largest absolute Gasteiger partial charge is 0.475 e. The molecule has 11 heteroatoms. The molecule has 0 aliphatic carbocycles. The summed E-state index contributed by atoms with van der Waals surface area (Å²) in [5, 5.41) is 12.0. The lowest BCUT2D eigenvalue weighted by atomic mass is 9.97. The van der Waals surface area contributed by atoms with Gasteiger partial charge >= 0.3 is 0 Å². The number of rotatable bonds is 6. The number of carbonyl (C=O) groups excluding carboxylic acids is 1. The molecule has 4 heterocycles. The zero-order chi connectivity index (χ0) is 30.2. The van der Waals surface area contributed by atoms with Crippen molar-refractivity contribution < 1.29 is 18.3 Å². The molecule has 2 fully saturated rings. The van der Waals surface area contributed by atoms with Crippen LogP contribution < -0.4 is 14.5 Å². The molecule has 3 aliphatic heterocycles. The van der Waals surface area contributed by atoms with Gasteiger partial charge in [-0.3, -0.25) is 4.79 Å². The van der Waals surface area contributed by atoms with Crippen molar-refractivity contribution in [2.75, 3.05) is 62.7 Å². The normalized spacial score (nSPS) is 19.0. The van der Waals surface area contributed by atoms with E-state index < -0.39 is 17.6 Å². The van der Waals surface area contributed by atoms with Crippen LogP contribution in [0.5, 0.6) is 5.88 Å². The number of likely N-dealkylation sites (tertiary alicyclic amines) is 1. The fourth-order valence-electron chi connectivity index (χ4n) is 6.52. The van der Waals surface area contributed by atoms with E-state index in [0.29, 0.717) is 63.2 Å². The lowest BCUT2D eigenvalue weighted by molar-refractivity contribution is -0.128. The monoisotopic (exact) mass is 606 g/mol. The summed E-state index contributed by atoms with van der Waals surface area (Å²) in [7, 11) is 2.07. The number of carbonyl (C=O) groups is 1. The van der Waals surface area contributed by atoms with Gasteiger partial charge in [0.1, 0.15) is 24.1 Å². The summed E-state index contributed by atoms with van der Waals surface area (Å²) in [6, 6.07) is 11.5. The highest BCUT2D eigenvalue weighted by atomic mass is 35.5. The van der Waals surface area contributed by atoms with Gasteiger partial charge in [-0.1, -0.05) is 36.4 Å². The van der Waals surface area contributed by atoms with Gasteiger partial charge in [-0.15, -0.1) is 0 Å². The minimum Gasteiger partial charge on any atom is -0.475 e. The highest BCUT2D eigenvalue weighted by molar-refractivity contribution is 6.36. The first kappa shape index (κ1) is 29.1. The summed E-state index contributed by atoms with van der Waals surface area (Å²) in [5.41, 5.74) is 3.67. The Morgan fingerprint density at radius 1 is 1.16 bits per heavy atom. The summed E-state index contributed by atoms with van der Waals surface area (Å²) in [6.07, 6.45) is 2.69. The summed E-state index contributed by atoms with van der Waals surface area (Å²) in [4.78, 5) is 25.0. The molecule has 0 radical (unpaired) electrons. The number of likely N-dealkylation sites (N-methyl/N-ethyl adjacent to an activating group) is 1. The van der Waals surface area contributed by atoms with Gasteiger partial charge in [-0.25, -0.2) is 13.8 Å². The maximum absolute atomic E-state index is 14.5. The fourth-order valence-corrected chi connectivity index (χ4v) is 6.79. The number of fused-ring (bicyclic) bond motifs is 2. The quantitative estimate of drug-likeness (QED) is 0.363. The van der Waals surface area contributed by atoms with Crippen LogP contribution in [0.25, 0.3) is 10.8 Å². The average Bonchev–Trinajstić information content (AvgIpc) is 3.44. The van der Waals surface area contributed by atoms with Crippen LogP contribution in [0.3, 0.4) is 0 Å². The van der Waals surface area contributed by atoms with Crippen LogP contribution in [0.1, 0.15) is 29.7 Å². The van der Waals surface area contributed by atoms with Crippen LogP contribution in [-0.2, 0) is 17.8 Å². The smallest absolute Gasteiger partial charge is 0.282 e. The molecule has 1 amide bonds. The van der Waals surface area contributed by atoms with Crippen LogP contribution in [0.2, 0.25) is 5.02 Å². The number of hydrogen-bond donors (Lipinski definition) is 0. The van der Waals surface area contributed by atoms with Crippen molar-refractivity contribution in [2.45, 2.75) is 31.8 Å². The number of nitriles is 1. The first-order valence-corrected chi connectivity index (χ1v) is 14.9. The molecule has 2 saturated heterocycles. The fraction of sp³-hybridized carbons (Fsp3) is 0.406. The Bertz CT molecular complexity index is 1630. The number of anilines is 2. The molecule has 43 heavy (non-hydrogen) atoms. The molecule has 0 saturated carbocycles. The molecular formula is C32H33ClF2N6O2. The molecule has 0 bridgehead atoms. The zero-order valence-electron chi connectivity index (χ0n) is 24.1. The number of aromatic nitrogens is 1. The molecule has 6 rings (SSSR count). The van der Waals surface area contributed by atoms with Crippen molar-refractivity contribution in [3.8, 4) is 11.9 Å². The lowest BCUT2D eigenvalue weighted by Gasteiger charge is -2.39. The van der Waals surface area contributed by atoms with Gasteiger partial charge in [-0.05, 0) is 50.4 Å². The Kier molecular flexibility index (Phi) is 8.12. The summed E-state index contributed by atoms with van der Waals surface area (Å²) < 4.78 is 34.4. The molecule has 3 aliphatic rings. The standard InChI is InChI=1S/C32H33ClF2N6O2/c1-20(34)32(42)40-15-13-39(14-16-40)30-23-10-12-41(27-7-3-5-21-8-9-25(35)29(33)28(21)27)18-26(23)37-31(24(30)17-36)43-19-22-6-4-11-38(22)2/h3,5,7-9,22H,1,4,6,10-16,18-19H2,2H3/t22-/m0/s1. The summed E-state index contributed by atoms with van der Waals surface area (Å²) in [5.74, 6) is -1.87. The first-order chi connectivity index (χ1) is 20.8. The topological polar surface area (TPSA) is 75.9 Å². The van der Waals surface area contributed by atoms with E-state index in [1.165, 1.54) is 11.0 Å². The molecule has 2 aromatic carbocycles. The van der Waals surface area contributed by atoms with Gasteiger partial charge in [0.25, 0.3) is 5.91 Å². The van der Waals surface area contributed by atoms with Crippen molar-refractivity contribution in [1.29, 1.82) is 5.26 Å². The third-order valence-electron chi connectivity index (χ3n) is 8.86. The van der Waals surface area contributed by atoms with E-state index >= 15 is 0 Å². The van der Waals surface area contributed by atoms with Crippen LogP contribution in [0, 0.1) is 17.1 Å². The number of hydrogen-bond acceptors (Lipinski definition) is 7. The molecule has 1 atom stereocenters. The second-order valence-electron chi connectivity index (χ2n) is 11.4. The van der Waals surface area contributed by atoms with Crippen LogP contribution in [-0.4, -0.2) is 79.7 Å². The van der Waals surface area contributed by atoms with E-state index in [1.807, 2.05) is 18.2 Å². The maximum atomic E-state index is 14.5. The van der Waals surface area contributed by atoms with Gasteiger partial charge in [0, 0.05) is 55.4 Å². The second kappa shape index (κ2) is 12.0. The predicted octanol–water partition coefficient (Wildman–Crippen LogP) is 5.07. The van der Waals surface area contributed by atoms with Crippen LogP contribution in [0.4, 0.5) is 20.2 Å². The predicted molar refractivity (Wildman–Crippen MR) is 163 cm³/mol. The highest BCUT2D eigenvalue weighted by Gasteiger charge is 2.33. The van der Waals surface area contributed by atoms with E-state index in [9.17, 15) is 18.8 Å². The van der Waals surface area contributed by atoms with Crippen molar-refractivity contribution in [1.82, 2.24) is 14.8 Å². The summed E-state index contributed by atoms with van der Waals surface area (Å²) in [6.45, 7) is 7.05. The third-order valence-corrected chi connectivity index (χ3v) is 9.23. The van der Waals surface area contributed by atoms with Gasteiger partial charge in [-0.2, -0.15) is 5.26 Å². The SMILES string of the molecule is C=C(F)C(=O)N1CCN(c2c(C#N)c(OC[C@@H]3CCCN3C)nc3c2CCN(c2cccc4ccc(F)c(Cl)c24)C3)CC1. The Labute approximate surface area is 254 Å². The number of benzene rings is 2. The molecule has 0 spiro atoms. The highest BCUT2D eigenvalue weighted by Crippen LogP contribution is 2.40. The van der Waals surface area contributed by atoms with Gasteiger partial charge in [0.2, 0.25) is 5.88 Å². The number of pyridine rings is 1. The molecular weight excluding hydrogens is 574 g/mol. The van der Waals surface area contributed by atoms with Crippen molar-refractivity contribution in [2.24, 2.45) is 0 Å². The minimum atomic E-state index is -0.978.